The van der Waals surface area contributed by atoms with E-state index in [1.165, 1.54) is 25.7 Å². The lowest BCUT2D eigenvalue weighted by atomic mass is 10.1. The second-order valence-corrected chi connectivity index (χ2v) is 9.47. The molecule has 0 bridgehead atoms. The minimum absolute atomic E-state index is 0.0719. The van der Waals surface area contributed by atoms with Crippen molar-refractivity contribution in [2.24, 2.45) is 5.73 Å². The van der Waals surface area contributed by atoms with Gasteiger partial charge in [0.2, 0.25) is 11.8 Å². The van der Waals surface area contributed by atoms with Gasteiger partial charge in [0.05, 0.1) is 25.4 Å². The van der Waals surface area contributed by atoms with E-state index in [0.717, 1.165) is 44.9 Å². The van der Waals surface area contributed by atoms with Gasteiger partial charge in [-0.3, -0.25) is 9.59 Å². The molecule has 214 valence electrons. The van der Waals surface area contributed by atoms with Gasteiger partial charge >= 0.3 is 5.97 Å². The molecule has 0 saturated carbocycles. The van der Waals surface area contributed by atoms with Gasteiger partial charge in [-0.15, -0.1) is 0 Å². The second-order valence-electron chi connectivity index (χ2n) is 9.47. The van der Waals surface area contributed by atoms with E-state index in [9.17, 15) is 19.5 Å². The van der Waals surface area contributed by atoms with E-state index in [1.807, 2.05) is 0 Å². The predicted molar refractivity (Wildman–Crippen MR) is 141 cm³/mol. The van der Waals surface area contributed by atoms with Crippen molar-refractivity contribution in [3.05, 3.63) is 0 Å². The number of aliphatic carboxylic acids is 1. The van der Waals surface area contributed by atoms with E-state index in [1.54, 1.807) is 0 Å². The Morgan fingerprint density at radius 1 is 0.722 bits per heavy atom. The van der Waals surface area contributed by atoms with Crippen LogP contribution < -0.4 is 16.4 Å². The highest BCUT2D eigenvalue weighted by Crippen LogP contribution is 2.07. The van der Waals surface area contributed by atoms with Crippen molar-refractivity contribution in [2.75, 3.05) is 26.4 Å². The number of aliphatic hydroxyl groups is 3. The predicted octanol–water partition coefficient (Wildman–Crippen LogP) is 2.22. The SMILES string of the molecule is CCCCCCCC(=O)NCCCCC(NC(=O)CCCCCCC)C(=O)O.NC(CO)(CO)CO. The molecule has 1 atom stereocenters. The smallest absolute Gasteiger partial charge is 0.326 e. The largest absolute Gasteiger partial charge is 0.480 e. The van der Waals surface area contributed by atoms with Crippen LogP contribution in [0.4, 0.5) is 0 Å². The zero-order chi connectivity index (χ0) is 27.7. The fourth-order valence-corrected chi connectivity index (χ4v) is 3.24. The van der Waals surface area contributed by atoms with Crippen molar-refractivity contribution >= 4 is 17.8 Å². The molecule has 0 spiro atoms. The summed E-state index contributed by atoms with van der Waals surface area (Å²) in [6.07, 6.45) is 13.6. The monoisotopic (exact) mass is 519 g/mol. The van der Waals surface area contributed by atoms with Crippen molar-refractivity contribution in [2.45, 2.75) is 122 Å². The first-order valence-electron chi connectivity index (χ1n) is 13.6. The maximum atomic E-state index is 11.9. The molecule has 8 N–H and O–H groups in total. The van der Waals surface area contributed by atoms with Gasteiger partial charge in [-0.2, -0.15) is 0 Å². The molecule has 0 aromatic carbocycles. The van der Waals surface area contributed by atoms with Crippen molar-refractivity contribution in [1.29, 1.82) is 0 Å². The molecule has 0 heterocycles. The van der Waals surface area contributed by atoms with Gasteiger partial charge < -0.3 is 36.8 Å². The summed E-state index contributed by atoms with van der Waals surface area (Å²) in [5.74, 6) is -1.10. The number of aliphatic hydroxyl groups excluding tert-OH is 3. The Hall–Kier alpha value is -1.75. The van der Waals surface area contributed by atoms with Crippen LogP contribution in [0.25, 0.3) is 0 Å². The fraction of sp³-hybridized carbons (Fsp3) is 0.885. The van der Waals surface area contributed by atoms with Crippen molar-refractivity contribution in [3.63, 3.8) is 0 Å². The molecule has 10 nitrogen and oxygen atoms in total. The highest BCUT2D eigenvalue weighted by atomic mass is 16.4. The first-order valence-corrected chi connectivity index (χ1v) is 13.6. The number of amides is 2. The highest BCUT2D eigenvalue weighted by molar-refractivity contribution is 5.83. The number of unbranched alkanes of at least 4 members (excludes halogenated alkanes) is 9. The molecule has 2 amide bonds. The van der Waals surface area contributed by atoms with E-state index in [2.05, 4.69) is 24.5 Å². The number of hydrogen-bond donors (Lipinski definition) is 7. The number of carbonyl (C=O) groups excluding carboxylic acids is 2. The van der Waals surface area contributed by atoms with Crippen molar-refractivity contribution in [1.82, 2.24) is 10.6 Å². The van der Waals surface area contributed by atoms with Gasteiger partial charge in [0, 0.05) is 19.4 Å². The first-order chi connectivity index (χ1) is 17.2. The van der Waals surface area contributed by atoms with Crippen LogP contribution in [-0.4, -0.2) is 76.2 Å². The molecule has 0 rings (SSSR count). The third-order valence-electron chi connectivity index (χ3n) is 5.83. The van der Waals surface area contributed by atoms with E-state index in [4.69, 9.17) is 21.1 Å². The van der Waals surface area contributed by atoms with Crippen LogP contribution in [-0.2, 0) is 14.4 Å². The van der Waals surface area contributed by atoms with Gasteiger partial charge in [0.15, 0.2) is 0 Å². The molecule has 0 aromatic rings. The summed E-state index contributed by atoms with van der Waals surface area (Å²) >= 11 is 0. The number of carboxylic acids is 1. The molecule has 0 fully saturated rings. The van der Waals surface area contributed by atoms with E-state index < -0.39 is 37.4 Å². The molecule has 36 heavy (non-hydrogen) atoms. The summed E-state index contributed by atoms with van der Waals surface area (Å²) in [6, 6.07) is -0.836. The number of carboxylic acid groups (broad SMARTS) is 1. The van der Waals surface area contributed by atoms with Gasteiger partial charge in [-0.25, -0.2) is 4.79 Å². The summed E-state index contributed by atoms with van der Waals surface area (Å²) in [4.78, 5) is 35.0. The number of hydrogen-bond acceptors (Lipinski definition) is 7. The van der Waals surface area contributed by atoms with Crippen molar-refractivity contribution < 1.29 is 34.8 Å². The lowest BCUT2D eigenvalue weighted by molar-refractivity contribution is -0.142. The summed E-state index contributed by atoms with van der Waals surface area (Å²) < 4.78 is 0. The van der Waals surface area contributed by atoms with Crippen LogP contribution in [0.3, 0.4) is 0 Å². The Bertz CT molecular complexity index is 549. The number of nitrogens with two attached hydrogens (primary N) is 1. The number of carbonyl (C=O) groups is 3. The minimum Gasteiger partial charge on any atom is -0.480 e. The van der Waals surface area contributed by atoms with Gasteiger partial charge in [-0.05, 0) is 32.1 Å². The summed E-state index contributed by atoms with van der Waals surface area (Å²) in [5.41, 5.74) is 3.94. The second kappa shape index (κ2) is 24.9. The standard InChI is InChI=1S/C22H42N2O4.C4H11NO3/c1-3-5-7-9-11-16-20(25)23-18-14-13-15-19(22(27)28)24-21(26)17-12-10-8-6-4-2;5-4(1-6,2-7)3-8/h19H,3-18H2,1-2H3,(H,23,25)(H,24,26)(H,27,28);6-8H,1-3,5H2. The molecule has 0 aromatic heterocycles. The Morgan fingerprint density at radius 3 is 1.61 bits per heavy atom. The lowest BCUT2D eigenvalue weighted by Gasteiger charge is -2.20. The van der Waals surface area contributed by atoms with Crippen LogP contribution in [0, 0.1) is 0 Å². The average Bonchev–Trinajstić information content (AvgIpc) is 2.87. The maximum Gasteiger partial charge on any atom is 0.326 e. The molecule has 1 unspecified atom stereocenters. The van der Waals surface area contributed by atoms with E-state index in [-0.39, 0.29) is 11.8 Å². The molecular formula is C26H53N3O7. The van der Waals surface area contributed by atoms with Crippen molar-refractivity contribution in [3.8, 4) is 0 Å². The van der Waals surface area contributed by atoms with Crippen LogP contribution in [0.1, 0.15) is 110 Å². The average molecular weight is 520 g/mol. The van der Waals surface area contributed by atoms with E-state index >= 15 is 0 Å². The molecule has 10 heteroatoms. The van der Waals surface area contributed by atoms with Gasteiger partial charge in [-0.1, -0.05) is 65.2 Å². The van der Waals surface area contributed by atoms with Crippen LogP contribution >= 0.6 is 0 Å². The highest BCUT2D eigenvalue weighted by Gasteiger charge is 2.21. The lowest BCUT2D eigenvalue weighted by Crippen LogP contribution is -2.50. The minimum atomic E-state index is -1.21. The summed E-state index contributed by atoms with van der Waals surface area (Å²) in [7, 11) is 0. The summed E-state index contributed by atoms with van der Waals surface area (Å²) in [5, 5.41) is 39.8. The molecule has 0 aliphatic heterocycles. The zero-order valence-electron chi connectivity index (χ0n) is 22.6. The van der Waals surface area contributed by atoms with Gasteiger partial charge in [0.25, 0.3) is 0 Å². The third-order valence-corrected chi connectivity index (χ3v) is 5.83. The van der Waals surface area contributed by atoms with Gasteiger partial charge in [0.1, 0.15) is 6.04 Å². The Balaban J connectivity index is 0. The maximum absolute atomic E-state index is 11.9. The molecule has 0 aliphatic rings. The third kappa shape index (κ3) is 22.7. The van der Waals surface area contributed by atoms with Crippen LogP contribution in [0.15, 0.2) is 0 Å². The molecule has 0 aliphatic carbocycles. The number of rotatable bonds is 22. The van der Waals surface area contributed by atoms with Crippen LogP contribution in [0.5, 0.6) is 0 Å². The molecule has 0 saturated heterocycles. The Labute approximate surface area is 217 Å². The van der Waals surface area contributed by atoms with Crippen LogP contribution in [0.2, 0.25) is 0 Å². The fourth-order valence-electron chi connectivity index (χ4n) is 3.24. The topological polar surface area (TPSA) is 182 Å². The molecule has 0 radical (unpaired) electrons. The normalized spacial score (nSPS) is 11.8. The molecular weight excluding hydrogens is 466 g/mol. The first kappa shape index (κ1) is 36.4. The number of nitrogens with one attached hydrogen (secondary N) is 2. The zero-order valence-corrected chi connectivity index (χ0v) is 22.6. The quantitative estimate of drug-likeness (QED) is 0.106. The Kier molecular flexibility index (Phi) is 25.2. The van der Waals surface area contributed by atoms with E-state index in [0.29, 0.717) is 32.2 Å². The Morgan fingerprint density at radius 2 is 1.19 bits per heavy atom. The summed E-state index contributed by atoms with van der Waals surface area (Å²) in [6.45, 7) is 3.66.